The molecule has 0 saturated heterocycles. The summed E-state index contributed by atoms with van der Waals surface area (Å²) in [4.78, 5) is 35.5. The molecule has 1 amide bonds. The lowest BCUT2D eigenvalue weighted by Crippen LogP contribution is -2.25. The fourth-order valence-corrected chi connectivity index (χ4v) is 3.30. The van der Waals surface area contributed by atoms with Crippen LogP contribution in [0.4, 0.5) is 5.82 Å². The molecule has 1 fully saturated rings. The number of hydrogen-bond acceptors (Lipinski definition) is 6. The lowest BCUT2D eigenvalue weighted by molar-refractivity contribution is -0.149. The molecule has 1 aromatic heterocycles. The van der Waals surface area contributed by atoms with Gasteiger partial charge in [-0.15, -0.1) is 0 Å². The third-order valence-corrected chi connectivity index (χ3v) is 4.83. The van der Waals surface area contributed by atoms with Crippen molar-refractivity contribution in [2.75, 3.05) is 18.5 Å². The van der Waals surface area contributed by atoms with Crippen LogP contribution in [0.5, 0.6) is 5.75 Å². The minimum Gasteiger partial charge on any atom is -0.482 e. The molecule has 0 radical (unpaired) electrons. The maximum absolute atomic E-state index is 12.1. The number of carbonyl (C=O) groups excluding carboxylic acids is 3. The SMILES string of the molecule is CCC(=O)c1ccc(OCC(=O)OCC(=O)Nc2ccnn2C2CCCC2)cc1. The first-order valence-electron chi connectivity index (χ1n) is 9.82. The third kappa shape index (κ3) is 5.66. The Hall–Kier alpha value is -3.16. The van der Waals surface area contributed by atoms with E-state index in [4.69, 9.17) is 9.47 Å². The molecule has 154 valence electrons. The highest BCUT2D eigenvalue weighted by Gasteiger charge is 2.20. The van der Waals surface area contributed by atoms with Crippen LogP contribution in [0.3, 0.4) is 0 Å². The Kier molecular flexibility index (Phi) is 6.99. The van der Waals surface area contributed by atoms with Crippen molar-refractivity contribution >= 4 is 23.5 Å². The van der Waals surface area contributed by atoms with Gasteiger partial charge in [0.05, 0.1) is 12.2 Å². The number of Topliss-reactive ketones (excluding diaryl/α,β-unsaturated/α-hetero) is 1. The fourth-order valence-electron chi connectivity index (χ4n) is 3.30. The highest BCUT2D eigenvalue weighted by Crippen LogP contribution is 2.31. The van der Waals surface area contributed by atoms with Crippen molar-refractivity contribution in [1.29, 1.82) is 0 Å². The second kappa shape index (κ2) is 9.86. The van der Waals surface area contributed by atoms with E-state index >= 15 is 0 Å². The predicted octanol–water partition coefficient (Wildman–Crippen LogP) is 3.15. The molecular weight excluding hydrogens is 374 g/mol. The molecule has 1 heterocycles. The van der Waals surface area contributed by atoms with Crippen LogP contribution in [0.1, 0.15) is 55.4 Å². The van der Waals surface area contributed by atoms with Gasteiger partial charge in [-0.05, 0) is 37.1 Å². The van der Waals surface area contributed by atoms with Crippen molar-refractivity contribution in [3.8, 4) is 5.75 Å². The Balaban J connectivity index is 1.41. The summed E-state index contributed by atoms with van der Waals surface area (Å²) in [7, 11) is 0. The molecule has 1 aromatic carbocycles. The largest absolute Gasteiger partial charge is 0.482 e. The quantitative estimate of drug-likeness (QED) is 0.514. The molecule has 0 unspecified atom stereocenters. The molecule has 29 heavy (non-hydrogen) atoms. The number of carbonyl (C=O) groups is 3. The van der Waals surface area contributed by atoms with E-state index in [0.29, 0.717) is 29.6 Å². The maximum Gasteiger partial charge on any atom is 0.344 e. The first-order valence-corrected chi connectivity index (χ1v) is 9.82. The van der Waals surface area contributed by atoms with Crippen LogP contribution in [0.25, 0.3) is 0 Å². The number of anilines is 1. The molecule has 0 atom stereocenters. The average Bonchev–Trinajstić information content (AvgIpc) is 3.42. The minimum absolute atomic E-state index is 0.0382. The van der Waals surface area contributed by atoms with Crippen LogP contribution < -0.4 is 10.1 Å². The molecule has 1 saturated carbocycles. The van der Waals surface area contributed by atoms with Gasteiger partial charge in [0, 0.05) is 18.1 Å². The van der Waals surface area contributed by atoms with Gasteiger partial charge in [0.2, 0.25) is 0 Å². The number of hydrogen-bond donors (Lipinski definition) is 1. The van der Waals surface area contributed by atoms with Gasteiger partial charge in [0.1, 0.15) is 11.6 Å². The van der Waals surface area contributed by atoms with Crippen molar-refractivity contribution in [1.82, 2.24) is 9.78 Å². The fraction of sp³-hybridized carbons (Fsp3) is 0.429. The number of amides is 1. The number of ketones is 1. The predicted molar refractivity (Wildman–Crippen MR) is 106 cm³/mol. The number of ether oxygens (including phenoxy) is 2. The Morgan fingerprint density at radius 3 is 2.52 bits per heavy atom. The zero-order valence-corrected chi connectivity index (χ0v) is 16.4. The van der Waals surface area contributed by atoms with Gasteiger partial charge in [-0.1, -0.05) is 19.8 Å². The first-order chi connectivity index (χ1) is 14.1. The first kappa shape index (κ1) is 20.6. The molecule has 8 nitrogen and oxygen atoms in total. The zero-order valence-electron chi connectivity index (χ0n) is 16.4. The zero-order chi connectivity index (χ0) is 20.6. The summed E-state index contributed by atoms with van der Waals surface area (Å²) in [6.07, 6.45) is 6.48. The molecule has 8 heteroatoms. The van der Waals surface area contributed by atoms with Gasteiger partial charge in [0.15, 0.2) is 19.0 Å². The Labute approximate surface area is 169 Å². The van der Waals surface area contributed by atoms with Gasteiger partial charge < -0.3 is 14.8 Å². The van der Waals surface area contributed by atoms with E-state index in [1.165, 1.54) is 0 Å². The summed E-state index contributed by atoms with van der Waals surface area (Å²) >= 11 is 0. The Bertz CT molecular complexity index is 853. The summed E-state index contributed by atoms with van der Waals surface area (Å²) in [6.45, 7) is 1.07. The van der Waals surface area contributed by atoms with E-state index in [-0.39, 0.29) is 12.4 Å². The topological polar surface area (TPSA) is 99.5 Å². The van der Waals surface area contributed by atoms with Crippen molar-refractivity contribution in [3.63, 3.8) is 0 Å². The minimum atomic E-state index is -0.654. The van der Waals surface area contributed by atoms with Crippen LogP contribution in [-0.2, 0) is 14.3 Å². The Morgan fingerprint density at radius 2 is 1.83 bits per heavy atom. The van der Waals surface area contributed by atoms with Crippen LogP contribution >= 0.6 is 0 Å². The van der Waals surface area contributed by atoms with Crippen LogP contribution in [-0.4, -0.2) is 40.7 Å². The number of aromatic nitrogens is 2. The molecule has 2 aromatic rings. The van der Waals surface area contributed by atoms with E-state index in [0.717, 1.165) is 25.7 Å². The number of rotatable bonds is 9. The smallest absolute Gasteiger partial charge is 0.344 e. The summed E-state index contributed by atoms with van der Waals surface area (Å²) in [5.74, 6) is 0.00497. The summed E-state index contributed by atoms with van der Waals surface area (Å²) in [5, 5.41) is 7.02. The van der Waals surface area contributed by atoms with E-state index in [9.17, 15) is 14.4 Å². The second-order valence-electron chi connectivity index (χ2n) is 6.90. The molecule has 0 aliphatic heterocycles. The third-order valence-electron chi connectivity index (χ3n) is 4.83. The van der Waals surface area contributed by atoms with Gasteiger partial charge in [-0.3, -0.25) is 9.59 Å². The summed E-state index contributed by atoms with van der Waals surface area (Å²) < 4.78 is 12.1. The Morgan fingerprint density at radius 1 is 1.10 bits per heavy atom. The van der Waals surface area contributed by atoms with Gasteiger partial charge in [-0.25, -0.2) is 9.48 Å². The molecule has 1 aliphatic rings. The lowest BCUT2D eigenvalue weighted by atomic mass is 10.1. The average molecular weight is 399 g/mol. The van der Waals surface area contributed by atoms with Crippen LogP contribution in [0.15, 0.2) is 36.5 Å². The van der Waals surface area contributed by atoms with E-state index in [2.05, 4.69) is 10.4 Å². The summed E-state index contributed by atoms with van der Waals surface area (Å²) in [6, 6.07) is 8.56. The van der Waals surface area contributed by atoms with Crippen LogP contribution in [0.2, 0.25) is 0 Å². The standard InChI is InChI=1S/C21H25N3O5/c1-2-18(25)15-7-9-17(10-8-15)28-14-21(27)29-13-20(26)23-19-11-12-22-24(19)16-5-3-4-6-16/h7-12,16H,2-6,13-14H2,1H3,(H,23,26). The monoisotopic (exact) mass is 399 g/mol. The normalized spacial score (nSPS) is 13.8. The van der Waals surface area contributed by atoms with E-state index in [1.54, 1.807) is 43.5 Å². The highest BCUT2D eigenvalue weighted by atomic mass is 16.6. The van der Waals surface area contributed by atoms with Crippen molar-refractivity contribution < 1.29 is 23.9 Å². The lowest BCUT2D eigenvalue weighted by Gasteiger charge is -2.14. The molecule has 3 rings (SSSR count). The van der Waals surface area contributed by atoms with Gasteiger partial charge in [-0.2, -0.15) is 5.10 Å². The van der Waals surface area contributed by atoms with Gasteiger partial charge >= 0.3 is 5.97 Å². The molecule has 1 aliphatic carbocycles. The number of nitrogens with one attached hydrogen (secondary N) is 1. The van der Waals surface area contributed by atoms with E-state index < -0.39 is 18.5 Å². The molecule has 0 spiro atoms. The molecular formula is C21H25N3O5. The highest BCUT2D eigenvalue weighted by molar-refractivity contribution is 5.96. The molecule has 0 bridgehead atoms. The number of esters is 1. The van der Waals surface area contributed by atoms with Crippen molar-refractivity contribution in [2.45, 2.75) is 45.1 Å². The summed E-state index contributed by atoms with van der Waals surface area (Å²) in [5.41, 5.74) is 0.593. The van der Waals surface area contributed by atoms with E-state index in [1.807, 2.05) is 4.68 Å². The van der Waals surface area contributed by atoms with Crippen molar-refractivity contribution in [2.24, 2.45) is 0 Å². The second-order valence-corrected chi connectivity index (χ2v) is 6.90. The number of nitrogens with zero attached hydrogens (tertiary/aromatic N) is 2. The molecule has 1 N–H and O–H groups in total. The van der Waals surface area contributed by atoms with Crippen LogP contribution in [0, 0.1) is 0 Å². The van der Waals surface area contributed by atoms with Crippen molar-refractivity contribution in [3.05, 3.63) is 42.1 Å². The van der Waals surface area contributed by atoms with Gasteiger partial charge in [0.25, 0.3) is 5.91 Å². The maximum atomic E-state index is 12.1. The number of benzene rings is 1.